The molecule has 0 fully saturated rings. The maximum absolute atomic E-state index is 2.77. The molecule has 2 aliphatic rings. The van der Waals surface area contributed by atoms with Gasteiger partial charge in [-0.15, -0.1) is 0 Å². The van der Waals surface area contributed by atoms with E-state index in [-0.39, 0.29) is 10.8 Å². The van der Waals surface area contributed by atoms with Gasteiger partial charge < -0.3 is 0 Å². The second-order valence-electron chi connectivity index (χ2n) is 8.88. The second kappa shape index (κ2) is 8.09. The molecular weight excluding hydrogens is 404 g/mol. The largest absolute Gasteiger partial charge is 0.0702 e. The standard InChI is InChI=1S/2C10H15.C6H4.Zr/c2*1-7-6-10(4,5)9(3)8(7)2;1-2-4-6-5-3-1;/h2*1-5H3;1-4H;. The molecule has 0 nitrogen and oxygen atoms in total. The summed E-state index contributed by atoms with van der Waals surface area (Å²) in [6.45, 7) is 23.7. The van der Waals surface area contributed by atoms with Crippen LogP contribution in [0.25, 0.3) is 0 Å². The topological polar surface area (TPSA) is 0 Å². The molecule has 3 rings (SSSR count). The van der Waals surface area contributed by atoms with E-state index in [2.05, 4.69) is 81.4 Å². The molecule has 1 aromatic rings. The van der Waals surface area contributed by atoms with Gasteiger partial charge in [-0.2, -0.15) is 0 Å². The van der Waals surface area contributed by atoms with E-state index >= 15 is 0 Å². The molecule has 0 saturated heterocycles. The molecule has 0 amide bonds. The van der Waals surface area contributed by atoms with Gasteiger partial charge in [-0.3, -0.25) is 0 Å². The van der Waals surface area contributed by atoms with Crippen molar-refractivity contribution in [2.45, 2.75) is 69.2 Å². The maximum Gasteiger partial charge on any atom is -0.0115 e. The van der Waals surface area contributed by atoms with Crippen LogP contribution in [-0.4, -0.2) is 0 Å². The summed E-state index contributed by atoms with van der Waals surface area (Å²) in [5.41, 5.74) is 10.0. The predicted molar refractivity (Wildman–Crippen MR) is 114 cm³/mol. The van der Waals surface area contributed by atoms with Crippen LogP contribution in [0.4, 0.5) is 0 Å². The molecule has 1 heteroatoms. The Morgan fingerprint density at radius 1 is 0.593 bits per heavy atom. The molecule has 0 radical (unpaired) electrons. The van der Waals surface area contributed by atoms with Gasteiger partial charge in [0.15, 0.2) is 0 Å². The Bertz CT molecular complexity index is 757. The zero-order chi connectivity index (χ0) is 20.6. The SMILES string of the molecule is CC1=C(C)C(C)(C)[C]([Zr][C]2=C(C)C(C)=C(C)C2(C)C)=C1C.c1ccccc#1. The van der Waals surface area contributed by atoms with Gasteiger partial charge in [-0.05, 0) is 12.1 Å². The van der Waals surface area contributed by atoms with Gasteiger partial charge in [0.25, 0.3) is 0 Å². The van der Waals surface area contributed by atoms with Crippen LogP contribution >= 0.6 is 0 Å². The summed E-state index contributed by atoms with van der Waals surface area (Å²) in [4.78, 5) is 0. The van der Waals surface area contributed by atoms with Crippen molar-refractivity contribution in [1.29, 1.82) is 0 Å². The van der Waals surface area contributed by atoms with Crippen molar-refractivity contribution in [3.8, 4) is 0 Å². The molecule has 0 atom stereocenters. The molecule has 2 aliphatic carbocycles. The first-order chi connectivity index (χ1) is 12.4. The Kier molecular flexibility index (Phi) is 6.65. The molecule has 0 heterocycles. The zero-order valence-electron chi connectivity index (χ0n) is 18.8. The Labute approximate surface area is 179 Å². The van der Waals surface area contributed by atoms with E-state index in [1.54, 1.807) is 40.0 Å². The molecule has 0 aliphatic heterocycles. The Hall–Kier alpha value is -1.12. The second-order valence-corrected chi connectivity index (χ2v) is 12.0. The van der Waals surface area contributed by atoms with Crippen LogP contribution in [0.3, 0.4) is 0 Å². The van der Waals surface area contributed by atoms with E-state index in [9.17, 15) is 0 Å². The molecule has 0 spiro atoms. The third-order valence-corrected chi connectivity index (χ3v) is 13.1. The number of allylic oxidation sites excluding steroid dienone is 8. The predicted octanol–water partition coefficient (Wildman–Crippen LogP) is 7.66. The first-order valence-corrected chi connectivity index (χ1v) is 12.3. The van der Waals surface area contributed by atoms with Gasteiger partial charge >= 0.3 is 143 Å². The molecule has 0 saturated carbocycles. The molecule has 1 aromatic carbocycles. The van der Waals surface area contributed by atoms with Crippen molar-refractivity contribution >= 4 is 0 Å². The third kappa shape index (κ3) is 4.03. The zero-order valence-corrected chi connectivity index (χ0v) is 21.3. The fourth-order valence-electron chi connectivity index (χ4n) is 4.12. The number of rotatable bonds is 2. The normalized spacial score (nSPS) is 20.7. The minimum atomic E-state index is -0.730. The Morgan fingerprint density at radius 2 is 0.926 bits per heavy atom. The monoisotopic (exact) mass is 436 g/mol. The van der Waals surface area contributed by atoms with Crippen molar-refractivity contribution in [2.75, 3.05) is 0 Å². The van der Waals surface area contributed by atoms with Crippen molar-refractivity contribution in [3.05, 3.63) is 76.4 Å². The van der Waals surface area contributed by atoms with Crippen LogP contribution in [0.2, 0.25) is 0 Å². The van der Waals surface area contributed by atoms with Crippen LogP contribution in [0.15, 0.2) is 64.3 Å². The average Bonchev–Trinajstić information content (AvgIpc) is 2.88. The van der Waals surface area contributed by atoms with Crippen molar-refractivity contribution in [1.82, 2.24) is 0 Å². The minimum Gasteiger partial charge on any atom is -0.0702 e. The fourth-order valence-corrected chi connectivity index (χ4v) is 9.03. The van der Waals surface area contributed by atoms with E-state index in [4.69, 9.17) is 0 Å². The summed E-state index contributed by atoms with van der Waals surface area (Å²) in [6.07, 6.45) is 0. The summed E-state index contributed by atoms with van der Waals surface area (Å²) in [6, 6.07) is 13.0. The Morgan fingerprint density at radius 3 is 1.11 bits per heavy atom. The van der Waals surface area contributed by atoms with Crippen LogP contribution in [0.5, 0.6) is 0 Å². The quantitative estimate of drug-likeness (QED) is 0.445. The van der Waals surface area contributed by atoms with Gasteiger partial charge in [0.05, 0.1) is 0 Å². The molecule has 27 heavy (non-hydrogen) atoms. The van der Waals surface area contributed by atoms with E-state index in [0.29, 0.717) is 0 Å². The summed E-state index contributed by atoms with van der Waals surface area (Å²) >= 11 is -0.730. The first-order valence-electron chi connectivity index (χ1n) is 9.83. The maximum atomic E-state index is 2.77. The minimum absolute atomic E-state index is 0.286. The van der Waals surface area contributed by atoms with Gasteiger partial charge in [0, 0.05) is 0 Å². The molecule has 0 N–H and O–H groups in total. The summed E-state index contributed by atoms with van der Waals surface area (Å²) in [5, 5.41) is 0. The van der Waals surface area contributed by atoms with Crippen molar-refractivity contribution in [3.63, 3.8) is 0 Å². The van der Waals surface area contributed by atoms with E-state index in [1.165, 1.54) is 0 Å². The van der Waals surface area contributed by atoms with E-state index in [1.807, 2.05) is 24.3 Å². The third-order valence-electron chi connectivity index (χ3n) is 6.93. The smallest absolute Gasteiger partial charge is 0.0115 e. The van der Waals surface area contributed by atoms with Crippen LogP contribution < -0.4 is 0 Å². The summed E-state index contributed by atoms with van der Waals surface area (Å²) < 4.78 is 3.59. The summed E-state index contributed by atoms with van der Waals surface area (Å²) in [7, 11) is 0. The van der Waals surface area contributed by atoms with Crippen molar-refractivity contribution in [2.24, 2.45) is 10.8 Å². The Balaban J connectivity index is 0.000000369. The molecule has 0 aromatic heterocycles. The number of hydrogen-bond donors (Lipinski definition) is 0. The van der Waals surface area contributed by atoms with Crippen LogP contribution in [0.1, 0.15) is 69.2 Å². The van der Waals surface area contributed by atoms with Gasteiger partial charge in [-0.1, -0.05) is 24.3 Å². The first kappa shape index (κ1) is 22.2. The average molecular weight is 438 g/mol. The number of hydrogen-bond acceptors (Lipinski definition) is 0. The van der Waals surface area contributed by atoms with Crippen molar-refractivity contribution < 1.29 is 23.2 Å². The van der Waals surface area contributed by atoms with Gasteiger partial charge in [0.2, 0.25) is 0 Å². The summed E-state index contributed by atoms with van der Waals surface area (Å²) in [5.74, 6) is 0. The molecule has 0 unspecified atom stereocenters. The molecular formula is C26H34Zr. The fraction of sp³-hybridized carbons (Fsp3) is 0.462. The molecule has 142 valence electrons. The van der Waals surface area contributed by atoms with Gasteiger partial charge in [0.1, 0.15) is 0 Å². The van der Waals surface area contributed by atoms with Gasteiger partial charge in [-0.25, -0.2) is 0 Å². The molecule has 0 bridgehead atoms. The van der Waals surface area contributed by atoms with E-state index < -0.39 is 23.2 Å². The van der Waals surface area contributed by atoms with Crippen LogP contribution in [0, 0.1) is 23.0 Å². The van der Waals surface area contributed by atoms with E-state index in [0.717, 1.165) is 0 Å². The van der Waals surface area contributed by atoms with Crippen LogP contribution in [-0.2, 0) is 23.2 Å².